The molecule has 1 saturated heterocycles. The molecule has 0 spiro atoms. The van der Waals surface area contributed by atoms with Gasteiger partial charge in [0.2, 0.25) is 5.91 Å². The molecule has 0 N–H and O–H groups in total. The summed E-state index contributed by atoms with van der Waals surface area (Å²) in [6.45, 7) is 7.07. The molecule has 4 nitrogen and oxygen atoms in total. The highest BCUT2D eigenvalue weighted by Gasteiger charge is 2.37. The van der Waals surface area contributed by atoms with Gasteiger partial charge in [-0.1, -0.05) is 27.2 Å². The van der Waals surface area contributed by atoms with Gasteiger partial charge in [0.15, 0.2) is 0 Å². The second kappa shape index (κ2) is 5.29. The maximum atomic E-state index is 11.9. The molecule has 2 amide bonds. The highest BCUT2D eigenvalue weighted by atomic mass is 16.6. The Morgan fingerprint density at radius 2 is 2.11 bits per heavy atom. The minimum atomic E-state index is -0.434. The molecule has 4 heteroatoms. The number of likely N-dealkylation sites (tertiary alicyclic amines) is 1. The number of imide groups is 1. The summed E-state index contributed by atoms with van der Waals surface area (Å²) in [5.41, 5.74) is 0. The van der Waals surface area contributed by atoms with Crippen molar-refractivity contribution in [1.82, 2.24) is 4.90 Å². The van der Waals surface area contributed by atoms with Crippen LogP contribution in [0.4, 0.5) is 4.79 Å². The molecule has 0 aromatic carbocycles. The van der Waals surface area contributed by atoms with Crippen molar-refractivity contribution in [2.75, 3.05) is 6.54 Å². The third-order valence-corrected chi connectivity index (χ3v) is 4.28. The predicted octanol–water partition coefficient (Wildman–Crippen LogP) is 2.82. The van der Waals surface area contributed by atoms with Crippen LogP contribution in [0.2, 0.25) is 0 Å². The third kappa shape index (κ3) is 2.68. The Labute approximate surface area is 109 Å². The molecule has 1 aliphatic heterocycles. The molecule has 2 rings (SSSR count). The van der Waals surface area contributed by atoms with E-state index < -0.39 is 6.09 Å². The minimum Gasteiger partial charge on any atom is -0.445 e. The summed E-state index contributed by atoms with van der Waals surface area (Å²) in [4.78, 5) is 24.3. The smallest absolute Gasteiger partial charge is 0.416 e. The van der Waals surface area contributed by atoms with Crippen molar-refractivity contribution in [1.29, 1.82) is 0 Å². The van der Waals surface area contributed by atoms with Crippen LogP contribution in [0.5, 0.6) is 0 Å². The highest BCUT2D eigenvalue weighted by Crippen LogP contribution is 2.35. The fourth-order valence-corrected chi connectivity index (χ4v) is 2.95. The summed E-state index contributed by atoms with van der Waals surface area (Å²) in [6, 6.07) is 0. The van der Waals surface area contributed by atoms with Crippen molar-refractivity contribution in [2.24, 2.45) is 17.8 Å². The summed E-state index contributed by atoms with van der Waals surface area (Å²) in [5.74, 6) is 1.44. The maximum absolute atomic E-state index is 11.9. The summed E-state index contributed by atoms with van der Waals surface area (Å²) >= 11 is 0. The van der Waals surface area contributed by atoms with E-state index in [1.807, 2.05) is 0 Å². The molecule has 0 aromatic rings. The average molecular weight is 253 g/mol. The molecule has 1 heterocycles. The van der Waals surface area contributed by atoms with Gasteiger partial charge in [0.05, 0.1) is 0 Å². The molecule has 0 aromatic heterocycles. The first-order valence-corrected chi connectivity index (χ1v) is 7.00. The van der Waals surface area contributed by atoms with Crippen LogP contribution in [0.3, 0.4) is 0 Å². The van der Waals surface area contributed by atoms with Gasteiger partial charge in [-0.05, 0) is 30.6 Å². The number of carbonyl (C=O) groups is 2. The number of amides is 2. The van der Waals surface area contributed by atoms with Gasteiger partial charge in [0, 0.05) is 13.0 Å². The van der Waals surface area contributed by atoms with E-state index in [1.165, 1.54) is 11.3 Å². The predicted molar refractivity (Wildman–Crippen MR) is 67.9 cm³/mol. The lowest BCUT2D eigenvalue weighted by atomic mass is 9.75. The Bertz CT molecular complexity index is 340. The second-order valence-corrected chi connectivity index (χ2v) is 6.04. The van der Waals surface area contributed by atoms with Crippen molar-refractivity contribution in [3.63, 3.8) is 0 Å². The molecule has 0 radical (unpaired) electrons. The average Bonchev–Trinajstić information content (AvgIpc) is 2.26. The molecule has 1 saturated carbocycles. The number of hydrogen-bond acceptors (Lipinski definition) is 3. The molecule has 18 heavy (non-hydrogen) atoms. The van der Waals surface area contributed by atoms with Crippen LogP contribution in [-0.2, 0) is 9.53 Å². The number of carbonyl (C=O) groups excluding carboxylic acids is 2. The second-order valence-electron chi connectivity index (χ2n) is 6.04. The molecule has 102 valence electrons. The Morgan fingerprint density at radius 1 is 1.39 bits per heavy atom. The standard InChI is InChI=1S/C14H23NO3/c1-9(2)11-5-4-10(3)8-12(11)18-14(17)15-7-6-13(15)16/h9-12H,4-8H2,1-3H3. The Kier molecular flexibility index (Phi) is 3.93. The fraction of sp³-hybridized carbons (Fsp3) is 0.857. The molecule has 2 fully saturated rings. The normalized spacial score (nSPS) is 32.3. The Hall–Kier alpha value is -1.06. The summed E-state index contributed by atoms with van der Waals surface area (Å²) in [6.07, 6.45) is 3.27. The van der Waals surface area contributed by atoms with E-state index in [0.717, 1.165) is 12.8 Å². The van der Waals surface area contributed by atoms with Gasteiger partial charge in [0.1, 0.15) is 6.10 Å². The van der Waals surface area contributed by atoms with Crippen molar-refractivity contribution < 1.29 is 14.3 Å². The number of rotatable bonds is 2. The number of β-lactam (4-membered cyclic amide) rings is 1. The van der Waals surface area contributed by atoms with Gasteiger partial charge in [-0.2, -0.15) is 0 Å². The lowest BCUT2D eigenvalue weighted by Gasteiger charge is -2.38. The zero-order valence-corrected chi connectivity index (χ0v) is 11.5. The summed E-state index contributed by atoms with van der Waals surface area (Å²) in [5, 5.41) is 0. The van der Waals surface area contributed by atoms with Crippen molar-refractivity contribution >= 4 is 12.0 Å². The number of ether oxygens (including phenoxy) is 1. The zero-order valence-electron chi connectivity index (χ0n) is 11.5. The molecule has 3 unspecified atom stereocenters. The van der Waals surface area contributed by atoms with Crippen LogP contribution in [0.15, 0.2) is 0 Å². The largest absolute Gasteiger partial charge is 0.445 e. The van der Waals surface area contributed by atoms with E-state index in [2.05, 4.69) is 20.8 Å². The maximum Gasteiger partial charge on any atom is 0.416 e. The highest BCUT2D eigenvalue weighted by molar-refractivity contribution is 5.96. The SMILES string of the molecule is CC1CCC(C(C)C)C(OC(=O)N2CCC2=O)C1. The number of nitrogens with zero attached hydrogens (tertiary/aromatic N) is 1. The topological polar surface area (TPSA) is 46.6 Å². The Balaban J connectivity index is 1.95. The Morgan fingerprint density at radius 3 is 2.61 bits per heavy atom. The van der Waals surface area contributed by atoms with Crippen molar-refractivity contribution in [3.05, 3.63) is 0 Å². The van der Waals surface area contributed by atoms with E-state index in [-0.39, 0.29) is 12.0 Å². The van der Waals surface area contributed by atoms with Crippen molar-refractivity contribution in [3.8, 4) is 0 Å². The van der Waals surface area contributed by atoms with E-state index in [4.69, 9.17) is 4.74 Å². The van der Waals surface area contributed by atoms with Gasteiger partial charge in [0.25, 0.3) is 0 Å². The van der Waals surface area contributed by atoms with E-state index in [9.17, 15) is 9.59 Å². The molecular weight excluding hydrogens is 230 g/mol. The lowest BCUT2D eigenvalue weighted by molar-refractivity contribution is -0.138. The van der Waals surface area contributed by atoms with Crippen LogP contribution in [0, 0.1) is 17.8 Å². The third-order valence-electron chi connectivity index (χ3n) is 4.28. The van der Waals surface area contributed by atoms with E-state index in [1.54, 1.807) is 0 Å². The molecule has 2 aliphatic rings. The minimum absolute atomic E-state index is 0.0188. The van der Waals surface area contributed by atoms with Crippen molar-refractivity contribution in [2.45, 2.75) is 52.6 Å². The van der Waals surface area contributed by atoms with Crippen LogP contribution in [0.25, 0.3) is 0 Å². The first kappa shape index (κ1) is 13.4. The number of hydrogen-bond donors (Lipinski definition) is 0. The quantitative estimate of drug-likeness (QED) is 0.711. The van der Waals surface area contributed by atoms with E-state index >= 15 is 0 Å². The summed E-state index contributed by atoms with van der Waals surface area (Å²) < 4.78 is 5.58. The van der Waals surface area contributed by atoms with Gasteiger partial charge in [-0.25, -0.2) is 9.69 Å². The van der Waals surface area contributed by atoms with Crippen LogP contribution in [-0.4, -0.2) is 29.5 Å². The van der Waals surface area contributed by atoms with Gasteiger partial charge in [-0.15, -0.1) is 0 Å². The van der Waals surface area contributed by atoms with Gasteiger partial charge < -0.3 is 4.74 Å². The lowest BCUT2D eigenvalue weighted by Crippen LogP contribution is -2.49. The molecule has 1 aliphatic carbocycles. The van der Waals surface area contributed by atoms with Gasteiger partial charge in [-0.3, -0.25) is 4.79 Å². The fourth-order valence-electron chi connectivity index (χ4n) is 2.95. The first-order chi connectivity index (χ1) is 8.49. The van der Waals surface area contributed by atoms with Crippen LogP contribution < -0.4 is 0 Å². The monoisotopic (exact) mass is 253 g/mol. The van der Waals surface area contributed by atoms with Gasteiger partial charge >= 0.3 is 6.09 Å². The first-order valence-electron chi connectivity index (χ1n) is 7.00. The molecule has 3 atom stereocenters. The zero-order chi connectivity index (χ0) is 13.3. The summed E-state index contributed by atoms with van der Waals surface area (Å²) in [7, 11) is 0. The molecule has 0 bridgehead atoms. The van der Waals surface area contributed by atoms with E-state index in [0.29, 0.717) is 30.7 Å². The van der Waals surface area contributed by atoms with Crippen LogP contribution in [0.1, 0.15) is 46.5 Å². The molecular formula is C14H23NO3. The van der Waals surface area contributed by atoms with Crippen LogP contribution >= 0.6 is 0 Å².